The van der Waals surface area contributed by atoms with E-state index in [2.05, 4.69) is 40.0 Å². The van der Waals surface area contributed by atoms with Crippen molar-refractivity contribution >= 4 is 16.9 Å². The van der Waals surface area contributed by atoms with Gasteiger partial charge in [-0.15, -0.1) is 0 Å². The van der Waals surface area contributed by atoms with Crippen molar-refractivity contribution in [2.24, 2.45) is 0 Å². The van der Waals surface area contributed by atoms with Gasteiger partial charge in [0.25, 0.3) is 0 Å². The summed E-state index contributed by atoms with van der Waals surface area (Å²) in [7, 11) is 0. The molecule has 6 heteroatoms. The monoisotopic (exact) mass is 443 g/mol. The SMILES string of the molecule is CC(C)(C)OC(=O)CC1CCc2cc3ccc(OCc4ccc(-n5cccn5)cc4)cc3n21. The molecule has 0 amide bonds. The third-order valence-corrected chi connectivity index (χ3v) is 5.92. The number of esters is 1. The van der Waals surface area contributed by atoms with Crippen LogP contribution in [0.1, 0.15) is 50.9 Å². The molecule has 5 rings (SSSR count). The van der Waals surface area contributed by atoms with Gasteiger partial charge in [0.05, 0.1) is 17.6 Å². The molecule has 1 unspecified atom stereocenters. The number of benzene rings is 2. The summed E-state index contributed by atoms with van der Waals surface area (Å²) in [6.07, 6.45) is 6.01. The molecule has 0 saturated carbocycles. The normalized spacial score (nSPS) is 15.5. The summed E-state index contributed by atoms with van der Waals surface area (Å²) < 4.78 is 15.8. The van der Waals surface area contributed by atoms with E-state index in [4.69, 9.17) is 9.47 Å². The van der Waals surface area contributed by atoms with Crippen molar-refractivity contribution in [2.75, 3.05) is 0 Å². The molecule has 1 aliphatic rings. The van der Waals surface area contributed by atoms with Crippen LogP contribution < -0.4 is 4.74 Å². The first-order chi connectivity index (χ1) is 15.9. The molecule has 170 valence electrons. The molecule has 0 saturated heterocycles. The van der Waals surface area contributed by atoms with Crippen LogP contribution in [-0.2, 0) is 22.6 Å². The van der Waals surface area contributed by atoms with Gasteiger partial charge in [-0.05, 0) is 75.6 Å². The summed E-state index contributed by atoms with van der Waals surface area (Å²) in [4.78, 5) is 12.4. The van der Waals surface area contributed by atoms with E-state index in [-0.39, 0.29) is 12.0 Å². The predicted molar refractivity (Wildman–Crippen MR) is 128 cm³/mol. The van der Waals surface area contributed by atoms with Gasteiger partial charge >= 0.3 is 5.97 Å². The molecule has 1 atom stereocenters. The molecule has 1 aliphatic heterocycles. The molecule has 0 fully saturated rings. The lowest BCUT2D eigenvalue weighted by molar-refractivity contribution is -0.155. The van der Waals surface area contributed by atoms with E-state index in [9.17, 15) is 4.79 Å². The van der Waals surface area contributed by atoms with E-state index in [0.717, 1.165) is 35.4 Å². The van der Waals surface area contributed by atoms with Crippen LogP contribution in [-0.4, -0.2) is 25.9 Å². The van der Waals surface area contributed by atoms with E-state index in [1.54, 1.807) is 6.20 Å². The van der Waals surface area contributed by atoms with Crippen LogP contribution in [0.5, 0.6) is 5.75 Å². The lowest BCUT2D eigenvalue weighted by Crippen LogP contribution is -2.25. The number of carbonyl (C=O) groups is 1. The maximum absolute atomic E-state index is 12.4. The first-order valence-electron chi connectivity index (χ1n) is 11.4. The van der Waals surface area contributed by atoms with Crippen molar-refractivity contribution in [2.45, 2.75) is 58.3 Å². The Bertz CT molecular complexity index is 1260. The number of ether oxygens (including phenoxy) is 2. The molecule has 0 radical (unpaired) electrons. The second-order valence-electron chi connectivity index (χ2n) is 9.62. The molecule has 0 spiro atoms. The summed E-state index contributed by atoms with van der Waals surface area (Å²) in [5.74, 6) is 0.677. The largest absolute Gasteiger partial charge is 0.489 e. The molecule has 4 aromatic rings. The lowest BCUT2D eigenvalue weighted by atomic mass is 10.1. The van der Waals surface area contributed by atoms with Crippen LogP contribution >= 0.6 is 0 Å². The van der Waals surface area contributed by atoms with Gasteiger partial charge in [-0.2, -0.15) is 5.10 Å². The summed E-state index contributed by atoms with van der Waals surface area (Å²) in [6, 6.07) is 18.6. The highest BCUT2D eigenvalue weighted by atomic mass is 16.6. The number of rotatable bonds is 6. The highest BCUT2D eigenvalue weighted by molar-refractivity contribution is 5.84. The van der Waals surface area contributed by atoms with Crippen LogP contribution in [0, 0.1) is 0 Å². The number of aromatic nitrogens is 3. The van der Waals surface area contributed by atoms with Gasteiger partial charge in [0, 0.05) is 35.6 Å². The second-order valence-corrected chi connectivity index (χ2v) is 9.62. The fraction of sp³-hybridized carbons (Fsp3) is 0.333. The van der Waals surface area contributed by atoms with Crippen molar-refractivity contribution in [1.29, 1.82) is 0 Å². The van der Waals surface area contributed by atoms with Crippen molar-refractivity contribution < 1.29 is 14.3 Å². The fourth-order valence-electron chi connectivity index (χ4n) is 4.52. The summed E-state index contributed by atoms with van der Waals surface area (Å²) >= 11 is 0. The average Bonchev–Trinajstić information content (AvgIpc) is 3.49. The Labute approximate surface area is 193 Å². The molecule has 33 heavy (non-hydrogen) atoms. The first-order valence-corrected chi connectivity index (χ1v) is 11.4. The average molecular weight is 444 g/mol. The Morgan fingerprint density at radius 2 is 1.94 bits per heavy atom. The number of aryl methyl sites for hydroxylation is 1. The van der Waals surface area contributed by atoms with Gasteiger partial charge in [-0.1, -0.05) is 12.1 Å². The topological polar surface area (TPSA) is 58.3 Å². The van der Waals surface area contributed by atoms with Crippen LogP contribution in [0.25, 0.3) is 16.6 Å². The summed E-state index contributed by atoms with van der Waals surface area (Å²) in [5, 5.41) is 5.43. The third-order valence-electron chi connectivity index (χ3n) is 5.92. The number of fused-ring (bicyclic) bond motifs is 3. The zero-order chi connectivity index (χ0) is 23.0. The number of hydrogen-bond donors (Lipinski definition) is 0. The first kappa shape index (κ1) is 21.3. The van der Waals surface area contributed by atoms with Gasteiger partial charge in [-0.25, -0.2) is 4.68 Å². The zero-order valence-corrected chi connectivity index (χ0v) is 19.3. The molecular weight excluding hydrogens is 414 g/mol. The van der Waals surface area contributed by atoms with Crippen LogP contribution in [0.15, 0.2) is 67.0 Å². The van der Waals surface area contributed by atoms with E-state index in [0.29, 0.717) is 13.0 Å². The predicted octanol–water partition coefficient (Wildman–Crippen LogP) is 5.63. The molecule has 0 aliphatic carbocycles. The van der Waals surface area contributed by atoms with Gasteiger partial charge in [-0.3, -0.25) is 4.79 Å². The minimum absolute atomic E-state index is 0.123. The Hall–Kier alpha value is -3.54. The number of hydrogen-bond acceptors (Lipinski definition) is 4. The maximum atomic E-state index is 12.4. The molecule has 2 aromatic heterocycles. The molecule has 0 N–H and O–H groups in total. The van der Waals surface area contributed by atoms with Crippen molar-refractivity contribution in [3.63, 3.8) is 0 Å². The lowest BCUT2D eigenvalue weighted by Gasteiger charge is -2.22. The Morgan fingerprint density at radius 1 is 1.12 bits per heavy atom. The second kappa shape index (κ2) is 8.43. The number of nitrogens with zero attached hydrogens (tertiary/aromatic N) is 3. The van der Waals surface area contributed by atoms with Gasteiger partial charge in [0.15, 0.2) is 0 Å². The van der Waals surface area contributed by atoms with Crippen LogP contribution in [0.3, 0.4) is 0 Å². The number of carbonyl (C=O) groups excluding carboxylic acids is 1. The minimum Gasteiger partial charge on any atom is -0.489 e. The van der Waals surface area contributed by atoms with Gasteiger partial charge in [0.2, 0.25) is 0 Å². The highest BCUT2D eigenvalue weighted by Crippen LogP contribution is 2.37. The Balaban J connectivity index is 1.30. The Kier molecular flexibility index (Phi) is 5.44. The molecule has 6 nitrogen and oxygen atoms in total. The summed E-state index contributed by atoms with van der Waals surface area (Å²) in [5.41, 5.74) is 4.03. The van der Waals surface area contributed by atoms with E-state index in [1.807, 2.05) is 55.9 Å². The van der Waals surface area contributed by atoms with Gasteiger partial charge in [0.1, 0.15) is 18.0 Å². The third kappa shape index (κ3) is 4.65. The Morgan fingerprint density at radius 3 is 2.67 bits per heavy atom. The molecule has 0 bridgehead atoms. The molecule has 2 aromatic carbocycles. The standard InChI is InChI=1S/C27H29N3O3/c1-27(2,3)33-26(31)16-23-11-10-22-15-20-7-12-24(17-25(20)30(22)23)32-18-19-5-8-21(9-6-19)29-14-4-13-28-29/h4-9,12-15,17,23H,10-11,16,18H2,1-3H3. The smallest absolute Gasteiger partial charge is 0.308 e. The summed E-state index contributed by atoms with van der Waals surface area (Å²) in [6.45, 7) is 6.21. The van der Waals surface area contributed by atoms with E-state index >= 15 is 0 Å². The molecular formula is C27H29N3O3. The zero-order valence-electron chi connectivity index (χ0n) is 19.3. The van der Waals surface area contributed by atoms with Crippen molar-refractivity contribution in [3.8, 4) is 11.4 Å². The highest BCUT2D eigenvalue weighted by Gasteiger charge is 2.28. The fourth-order valence-corrected chi connectivity index (χ4v) is 4.52. The van der Waals surface area contributed by atoms with Crippen LogP contribution in [0.4, 0.5) is 0 Å². The van der Waals surface area contributed by atoms with Gasteiger partial charge < -0.3 is 14.0 Å². The minimum atomic E-state index is -0.463. The van der Waals surface area contributed by atoms with Crippen molar-refractivity contribution in [1.82, 2.24) is 14.3 Å². The van der Waals surface area contributed by atoms with E-state index < -0.39 is 5.60 Å². The maximum Gasteiger partial charge on any atom is 0.308 e. The van der Waals surface area contributed by atoms with E-state index in [1.165, 1.54) is 11.1 Å². The quantitative estimate of drug-likeness (QED) is 0.363. The van der Waals surface area contributed by atoms with Crippen LogP contribution in [0.2, 0.25) is 0 Å². The van der Waals surface area contributed by atoms with Crippen molar-refractivity contribution in [3.05, 3.63) is 78.2 Å². The molecule has 3 heterocycles.